The zero-order valence-electron chi connectivity index (χ0n) is 15.7. The number of rotatable bonds is 2. The maximum atomic E-state index is 12.3. The summed E-state index contributed by atoms with van der Waals surface area (Å²) in [6, 6.07) is 0. The summed E-state index contributed by atoms with van der Waals surface area (Å²) in [4.78, 5) is 36.2. The lowest BCUT2D eigenvalue weighted by atomic mass is 9.51. The van der Waals surface area contributed by atoms with Crippen LogP contribution in [0.2, 0.25) is 0 Å². The summed E-state index contributed by atoms with van der Waals surface area (Å²) in [5.41, 5.74) is -0.786. The minimum absolute atomic E-state index is 0.0592. The van der Waals surface area contributed by atoms with E-state index in [4.69, 9.17) is 9.47 Å². The Morgan fingerprint density at radius 1 is 1.19 bits per heavy atom. The van der Waals surface area contributed by atoms with Gasteiger partial charge in [-0.2, -0.15) is 0 Å². The molecule has 6 heteroatoms. The molecule has 3 aliphatic heterocycles. The van der Waals surface area contributed by atoms with E-state index in [1.165, 1.54) is 0 Å². The fourth-order valence-electron chi connectivity index (χ4n) is 6.23. The Kier molecular flexibility index (Phi) is 3.85. The van der Waals surface area contributed by atoms with Crippen molar-refractivity contribution in [2.75, 3.05) is 6.61 Å². The van der Waals surface area contributed by atoms with Crippen LogP contribution in [-0.4, -0.2) is 42.0 Å². The van der Waals surface area contributed by atoms with Crippen LogP contribution >= 0.6 is 0 Å². The van der Waals surface area contributed by atoms with Gasteiger partial charge in [0.2, 0.25) is 5.91 Å². The molecule has 0 aromatic heterocycles. The SMILES string of the molecule is C[C@@]12CCC(=O)N[C@@](C)(C=O)[C@H]1CC[C@@]1(C)O[C@H](C3=CCOC3=O)C[C@@H]21. The minimum atomic E-state index is -0.854. The van der Waals surface area contributed by atoms with E-state index in [2.05, 4.69) is 19.2 Å². The number of ether oxygens (including phenoxy) is 2. The molecule has 4 rings (SSSR count). The number of carbonyl (C=O) groups is 3. The molecule has 2 saturated heterocycles. The quantitative estimate of drug-likeness (QED) is 0.600. The molecular weight excluding hydrogens is 334 g/mol. The Labute approximate surface area is 153 Å². The fraction of sp³-hybridized carbons (Fsp3) is 0.750. The van der Waals surface area contributed by atoms with Gasteiger partial charge in [-0.05, 0) is 62.9 Å². The van der Waals surface area contributed by atoms with Crippen molar-refractivity contribution >= 4 is 18.2 Å². The molecule has 3 fully saturated rings. The first-order valence-corrected chi connectivity index (χ1v) is 9.54. The van der Waals surface area contributed by atoms with Gasteiger partial charge in [-0.15, -0.1) is 0 Å². The van der Waals surface area contributed by atoms with E-state index in [0.29, 0.717) is 18.6 Å². The van der Waals surface area contributed by atoms with Gasteiger partial charge >= 0.3 is 5.97 Å². The van der Waals surface area contributed by atoms with Crippen LogP contribution in [0.4, 0.5) is 0 Å². The number of nitrogens with one attached hydrogen (secondary N) is 1. The van der Waals surface area contributed by atoms with Crippen molar-refractivity contribution in [3.8, 4) is 0 Å². The standard InChI is InChI=1S/C20H27NO5/c1-18-7-5-16(23)21-19(2,11-22)14(18)4-8-20(3)15(18)10-13(26-20)12-6-9-25-17(12)24/h6,11,13-15H,4-5,7-10H2,1-3H3,(H,21,23)/t13-,14-,15-,18+,19-,20+/m0/s1. The van der Waals surface area contributed by atoms with E-state index < -0.39 is 5.54 Å². The summed E-state index contributed by atoms with van der Waals surface area (Å²) in [5.74, 6) is -0.104. The van der Waals surface area contributed by atoms with Gasteiger partial charge in [-0.25, -0.2) is 4.79 Å². The van der Waals surface area contributed by atoms with E-state index in [9.17, 15) is 14.4 Å². The van der Waals surface area contributed by atoms with E-state index >= 15 is 0 Å². The van der Waals surface area contributed by atoms with Crippen molar-refractivity contribution in [3.05, 3.63) is 11.6 Å². The van der Waals surface area contributed by atoms with Crippen LogP contribution in [0.5, 0.6) is 0 Å². The number of cyclic esters (lactones) is 1. The van der Waals surface area contributed by atoms with Gasteiger partial charge in [0.15, 0.2) is 0 Å². The molecule has 142 valence electrons. The van der Waals surface area contributed by atoms with Gasteiger partial charge in [-0.3, -0.25) is 4.79 Å². The average molecular weight is 361 g/mol. The summed E-state index contributed by atoms with van der Waals surface area (Å²) in [6.07, 6.45) is 5.97. The molecule has 0 aromatic carbocycles. The molecule has 1 N–H and O–H groups in total. The van der Waals surface area contributed by atoms with Crippen molar-refractivity contribution in [1.82, 2.24) is 5.32 Å². The molecule has 1 amide bonds. The second-order valence-electron chi connectivity index (χ2n) is 9.01. The zero-order valence-corrected chi connectivity index (χ0v) is 15.7. The Morgan fingerprint density at radius 3 is 2.62 bits per heavy atom. The molecule has 1 aliphatic carbocycles. The number of amides is 1. The van der Waals surface area contributed by atoms with E-state index in [1.807, 2.05) is 13.0 Å². The summed E-state index contributed by atoms with van der Waals surface area (Å²) in [5, 5.41) is 2.96. The number of carbonyl (C=O) groups excluding carboxylic acids is 3. The maximum absolute atomic E-state index is 12.3. The lowest BCUT2D eigenvalue weighted by Crippen LogP contribution is -2.61. The number of hydrogen-bond donors (Lipinski definition) is 1. The summed E-state index contributed by atoms with van der Waals surface area (Å²) in [6.45, 7) is 6.49. The first-order valence-electron chi connectivity index (χ1n) is 9.54. The highest BCUT2D eigenvalue weighted by Crippen LogP contribution is 2.62. The lowest BCUT2D eigenvalue weighted by molar-refractivity contribution is -0.143. The fourth-order valence-corrected chi connectivity index (χ4v) is 6.23. The van der Waals surface area contributed by atoms with E-state index in [-0.39, 0.29) is 40.8 Å². The predicted molar refractivity (Wildman–Crippen MR) is 93.1 cm³/mol. The maximum Gasteiger partial charge on any atom is 0.336 e. The van der Waals surface area contributed by atoms with E-state index in [1.54, 1.807) is 0 Å². The molecule has 4 aliphatic rings. The monoisotopic (exact) mass is 361 g/mol. The molecule has 0 bridgehead atoms. The van der Waals surface area contributed by atoms with Crippen LogP contribution in [0.1, 0.15) is 52.9 Å². The molecule has 6 nitrogen and oxygen atoms in total. The average Bonchev–Trinajstić information content (AvgIpc) is 3.14. The van der Waals surface area contributed by atoms with Crippen LogP contribution in [-0.2, 0) is 23.9 Å². The van der Waals surface area contributed by atoms with Gasteiger partial charge in [0.05, 0.1) is 22.8 Å². The van der Waals surface area contributed by atoms with Crippen molar-refractivity contribution in [1.29, 1.82) is 0 Å². The second kappa shape index (κ2) is 5.65. The predicted octanol–water partition coefficient (Wildman–Crippen LogP) is 1.92. The summed E-state index contributed by atoms with van der Waals surface area (Å²) in [7, 11) is 0. The first-order chi connectivity index (χ1) is 12.2. The lowest BCUT2D eigenvalue weighted by Gasteiger charge is -2.55. The minimum Gasteiger partial charge on any atom is -0.458 e. The number of esters is 1. The van der Waals surface area contributed by atoms with Crippen molar-refractivity contribution in [2.24, 2.45) is 17.3 Å². The molecule has 0 aromatic rings. The molecule has 0 unspecified atom stereocenters. The number of aldehydes is 1. The van der Waals surface area contributed by atoms with Gasteiger partial charge in [0.25, 0.3) is 0 Å². The van der Waals surface area contributed by atoms with E-state index in [0.717, 1.165) is 32.0 Å². The van der Waals surface area contributed by atoms with Gasteiger partial charge in [0, 0.05) is 6.42 Å². The van der Waals surface area contributed by atoms with Crippen molar-refractivity contribution in [2.45, 2.75) is 70.1 Å². The Balaban J connectivity index is 1.71. The van der Waals surface area contributed by atoms with Crippen LogP contribution in [0, 0.1) is 17.3 Å². The largest absolute Gasteiger partial charge is 0.458 e. The second-order valence-corrected chi connectivity index (χ2v) is 9.01. The third-order valence-corrected chi connectivity index (χ3v) is 7.49. The number of fused-ring (bicyclic) bond motifs is 3. The molecular formula is C20H27NO5. The van der Waals surface area contributed by atoms with Crippen LogP contribution in [0.3, 0.4) is 0 Å². The molecule has 6 atom stereocenters. The molecule has 26 heavy (non-hydrogen) atoms. The Hall–Kier alpha value is -1.69. The molecule has 3 heterocycles. The summed E-state index contributed by atoms with van der Waals surface area (Å²) < 4.78 is 11.5. The summed E-state index contributed by atoms with van der Waals surface area (Å²) >= 11 is 0. The first kappa shape index (κ1) is 17.7. The topological polar surface area (TPSA) is 81.7 Å². The van der Waals surface area contributed by atoms with Crippen molar-refractivity contribution < 1.29 is 23.9 Å². The van der Waals surface area contributed by atoms with Crippen LogP contribution in [0.25, 0.3) is 0 Å². The van der Waals surface area contributed by atoms with Gasteiger partial charge in [-0.1, -0.05) is 6.92 Å². The highest BCUT2D eigenvalue weighted by atomic mass is 16.5. The molecule has 1 saturated carbocycles. The third kappa shape index (κ3) is 2.38. The Morgan fingerprint density at radius 2 is 1.96 bits per heavy atom. The van der Waals surface area contributed by atoms with Crippen molar-refractivity contribution in [3.63, 3.8) is 0 Å². The van der Waals surface area contributed by atoms with Gasteiger partial charge < -0.3 is 19.6 Å². The Bertz CT molecular complexity index is 702. The van der Waals surface area contributed by atoms with Gasteiger partial charge in [0.1, 0.15) is 12.9 Å². The third-order valence-electron chi connectivity index (χ3n) is 7.49. The highest BCUT2D eigenvalue weighted by molar-refractivity contribution is 5.91. The molecule has 0 radical (unpaired) electrons. The highest BCUT2D eigenvalue weighted by Gasteiger charge is 2.63. The van der Waals surface area contributed by atoms with Crippen LogP contribution < -0.4 is 5.32 Å². The number of hydrogen-bond acceptors (Lipinski definition) is 5. The van der Waals surface area contributed by atoms with Crippen LogP contribution in [0.15, 0.2) is 11.6 Å². The zero-order chi connectivity index (χ0) is 18.7. The smallest absolute Gasteiger partial charge is 0.336 e. The normalized spacial score (nSPS) is 48.0. The molecule has 0 spiro atoms.